The van der Waals surface area contributed by atoms with E-state index in [4.69, 9.17) is 4.74 Å². The number of aromatic amines is 1. The van der Waals surface area contributed by atoms with Crippen LogP contribution in [-0.2, 0) is 28.2 Å². The number of phenols is 1. The Morgan fingerprint density at radius 3 is 2.58 bits per heavy atom. The molecular weight excluding hydrogens is 713 g/mol. The Bertz CT molecular complexity index is 2230. The van der Waals surface area contributed by atoms with Crippen molar-refractivity contribution in [1.29, 1.82) is 0 Å². The summed E-state index contributed by atoms with van der Waals surface area (Å²) in [6, 6.07) is 19.5. The molecule has 1 aliphatic carbocycles. The molecule has 4 aromatic heterocycles. The normalized spacial score (nSPS) is 19.6. The second-order valence-corrected chi connectivity index (χ2v) is 16.3. The topological polar surface area (TPSA) is 166 Å². The quantitative estimate of drug-likeness (QED) is 0.0752. The summed E-state index contributed by atoms with van der Waals surface area (Å²) in [7, 11) is 0. The van der Waals surface area contributed by atoms with Gasteiger partial charge in [0.05, 0.1) is 26.9 Å². The van der Waals surface area contributed by atoms with Crippen LogP contribution in [-0.4, -0.2) is 78.4 Å². The van der Waals surface area contributed by atoms with Gasteiger partial charge in [-0.3, -0.25) is 4.79 Å². The molecule has 5 N–H and O–H groups in total. The van der Waals surface area contributed by atoms with E-state index in [2.05, 4.69) is 25.5 Å². The van der Waals surface area contributed by atoms with Crippen molar-refractivity contribution < 1.29 is 24.9 Å². The Labute approximate surface area is 313 Å². The number of aliphatic hydroxyl groups excluding tert-OH is 1. The van der Waals surface area contributed by atoms with E-state index < -0.39 is 17.7 Å². The number of nitrogens with zero attached hydrogens (tertiary/aromatic N) is 4. The summed E-state index contributed by atoms with van der Waals surface area (Å²) < 4.78 is 7.89. The number of thiophene rings is 2. The van der Waals surface area contributed by atoms with Crippen LogP contribution in [0.4, 0.5) is 0 Å². The molecule has 2 fully saturated rings. The van der Waals surface area contributed by atoms with Crippen molar-refractivity contribution >= 4 is 50.6 Å². The fourth-order valence-electron chi connectivity index (χ4n) is 7.97. The van der Waals surface area contributed by atoms with Gasteiger partial charge in [0, 0.05) is 37.6 Å². The fourth-order valence-corrected chi connectivity index (χ4v) is 9.69. The van der Waals surface area contributed by atoms with E-state index in [0.29, 0.717) is 32.8 Å². The Balaban J connectivity index is 0.772. The Hall–Kier alpha value is -4.44. The van der Waals surface area contributed by atoms with Crippen LogP contribution in [0.3, 0.4) is 0 Å². The van der Waals surface area contributed by atoms with Gasteiger partial charge in [-0.05, 0) is 109 Å². The number of fused-ring (bicyclic) bond motifs is 2. The van der Waals surface area contributed by atoms with Gasteiger partial charge in [0.15, 0.2) is 0 Å². The lowest BCUT2D eigenvalue weighted by atomic mass is 9.66. The van der Waals surface area contributed by atoms with Crippen molar-refractivity contribution in [2.45, 2.75) is 63.0 Å². The molecule has 0 bridgehead atoms. The monoisotopic (exact) mass is 754 g/mol. The number of hydrogen-bond donors (Lipinski definition) is 5. The number of hydrogen-bond acceptors (Lipinski definition) is 12. The number of phenolic OH excluding ortho intramolecular Hbond substituents is 1. The van der Waals surface area contributed by atoms with Gasteiger partial charge in [-0.15, -0.1) is 27.8 Å². The standard InChI is InChI=1S/C39H42N6O6S2/c46-31-11-8-27(28-9-12-35(48)41-36(28)31)32(47)23-40-22-25-7-10-30-29(19-25)42-43-45(30)15-2-1-14-44-16-13-38(24-44)20-26(21-38)51-37(49)39(50,33-5-3-17-52-33)34-6-4-18-53-34/h3-12,17-19,26,32,40,46-47,50H,1-2,13-16,20-24H2,(H,41,48)/t26?,32-,38?/m0/s1. The second kappa shape index (κ2) is 14.8. The largest absolute Gasteiger partial charge is 0.506 e. The third-order valence-electron chi connectivity index (χ3n) is 10.8. The number of aliphatic hydroxyl groups is 2. The first-order valence-corrected chi connectivity index (χ1v) is 19.8. The summed E-state index contributed by atoms with van der Waals surface area (Å²) in [5.74, 6) is -0.619. The van der Waals surface area contributed by atoms with E-state index in [1.54, 1.807) is 24.3 Å². The molecule has 0 amide bonds. The minimum Gasteiger partial charge on any atom is -0.506 e. The Morgan fingerprint density at radius 1 is 1.06 bits per heavy atom. The highest BCUT2D eigenvalue weighted by molar-refractivity contribution is 7.12. The summed E-state index contributed by atoms with van der Waals surface area (Å²) in [4.78, 5) is 31.4. The summed E-state index contributed by atoms with van der Waals surface area (Å²) in [5.41, 5.74) is 1.87. The Morgan fingerprint density at radius 2 is 1.83 bits per heavy atom. The highest BCUT2D eigenvalue weighted by atomic mass is 32.1. The SMILES string of the molecule is O=C(OC1CC2(CCN(CCCCn3nnc4cc(CNC[C@H](O)c5ccc(O)c6[nH]c(=O)ccc56)ccc43)C2)C1)C(O)(c1cccs1)c1cccs1. The lowest BCUT2D eigenvalue weighted by molar-refractivity contribution is -0.178. The minimum absolute atomic E-state index is 0.0377. The molecule has 0 unspecified atom stereocenters. The van der Waals surface area contributed by atoms with Crippen molar-refractivity contribution in [2.24, 2.45) is 5.41 Å². The first-order valence-electron chi connectivity index (χ1n) is 18.0. The second-order valence-electron chi connectivity index (χ2n) is 14.4. The number of nitrogens with one attached hydrogen (secondary N) is 2. The maximum Gasteiger partial charge on any atom is 0.349 e. The number of aromatic nitrogens is 4. The van der Waals surface area contributed by atoms with Crippen LogP contribution in [0, 0.1) is 5.41 Å². The van der Waals surface area contributed by atoms with Crippen molar-refractivity contribution in [3.05, 3.63) is 109 Å². The number of likely N-dealkylation sites (tertiary alicyclic amines) is 1. The highest BCUT2D eigenvalue weighted by Crippen LogP contribution is 2.50. The van der Waals surface area contributed by atoms with Gasteiger partial charge >= 0.3 is 5.97 Å². The first-order chi connectivity index (χ1) is 25.7. The maximum atomic E-state index is 13.4. The van der Waals surface area contributed by atoms with Gasteiger partial charge in [-0.1, -0.05) is 29.5 Å². The number of H-pyrrole nitrogens is 1. The van der Waals surface area contributed by atoms with E-state index in [-0.39, 0.29) is 29.4 Å². The molecule has 1 aliphatic heterocycles. The van der Waals surface area contributed by atoms with Gasteiger partial charge < -0.3 is 35.3 Å². The van der Waals surface area contributed by atoms with Gasteiger partial charge in [-0.2, -0.15) is 0 Å². The lowest BCUT2D eigenvalue weighted by Crippen LogP contribution is -2.48. The van der Waals surface area contributed by atoms with Crippen LogP contribution < -0.4 is 10.9 Å². The molecule has 1 saturated heterocycles. The maximum absolute atomic E-state index is 13.4. The third-order valence-corrected chi connectivity index (χ3v) is 12.7. The molecule has 6 aromatic rings. The summed E-state index contributed by atoms with van der Waals surface area (Å²) in [6.07, 6.45) is 3.79. The number of esters is 1. The van der Waals surface area contributed by atoms with Gasteiger partial charge in [0.25, 0.3) is 0 Å². The van der Waals surface area contributed by atoms with Crippen LogP contribution in [0.25, 0.3) is 21.9 Å². The predicted octanol–water partition coefficient (Wildman–Crippen LogP) is 5.04. The van der Waals surface area contributed by atoms with Crippen LogP contribution in [0.1, 0.15) is 59.1 Å². The van der Waals surface area contributed by atoms with E-state index in [1.807, 2.05) is 45.8 Å². The van der Waals surface area contributed by atoms with Crippen molar-refractivity contribution in [3.63, 3.8) is 0 Å². The number of rotatable bonds is 14. The molecule has 0 radical (unpaired) electrons. The first kappa shape index (κ1) is 35.6. The van der Waals surface area contributed by atoms with E-state index >= 15 is 0 Å². The smallest absolute Gasteiger partial charge is 0.349 e. The molecule has 8 rings (SSSR count). The molecule has 276 valence electrons. The molecule has 53 heavy (non-hydrogen) atoms. The molecule has 1 saturated carbocycles. The zero-order valence-electron chi connectivity index (χ0n) is 29.1. The predicted molar refractivity (Wildman–Crippen MR) is 204 cm³/mol. The third kappa shape index (κ3) is 7.14. The van der Waals surface area contributed by atoms with Crippen LogP contribution in [0.2, 0.25) is 0 Å². The molecule has 2 aliphatic rings. The van der Waals surface area contributed by atoms with E-state index in [9.17, 15) is 24.9 Å². The highest BCUT2D eigenvalue weighted by Gasteiger charge is 2.52. The number of benzene rings is 2. The molecule has 2 aromatic carbocycles. The number of aromatic hydroxyl groups is 1. The van der Waals surface area contributed by atoms with Gasteiger partial charge in [0.2, 0.25) is 11.2 Å². The average Bonchev–Trinajstić information content (AvgIpc) is 3.98. The average molecular weight is 755 g/mol. The van der Waals surface area contributed by atoms with Crippen LogP contribution in [0.15, 0.2) is 82.3 Å². The van der Waals surface area contributed by atoms with Crippen LogP contribution in [0.5, 0.6) is 5.75 Å². The van der Waals surface area contributed by atoms with Crippen molar-refractivity contribution in [2.75, 3.05) is 26.2 Å². The van der Waals surface area contributed by atoms with Gasteiger partial charge in [0.1, 0.15) is 17.4 Å². The number of pyridine rings is 1. The van der Waals surface area contributed by atoms with Crippen LogP contribution >= 0.6 is 22.7 Å². The Kier molecular flexibility index (Phi) is 9.91. The number of carbonyl (C=O) groups is 1. The zero-order chi connectivity index (χ0) is 36.6. The summed E-state index contributed by atoms with van der Waals surface area (Å²) in [6.45, 7) is 4.65. The molecule has 1 spiro atoms. The number of carbonyl (C=O) groups excluding carboxylic acids is 1. The van der Waals surface area contributed by atoms with Crippen molar-refractivity contribution in [1.82, 2.24) is 30.2 Å². The zero-order valence-corrected chi connectivity index (χ0v) is 30.7. The molecule has 12 nitrogen and oxygen atoms in total. The van der Waals surface area contributed by atoms with E-state index in [0.717, 1.165) is 74.9 Å². The van der Waals surface area contributed by atoms with E-state index in [1.165, 1.54) is 34.8 Å². The molecule has 5 heterocycles. The number of ether oxygens (including phenoxy) is 1. The minimum atomic E-state index is -1.76. The van der Waals surface area contributed by atoms with Crippen molar-refractivity contribution in [3.8, 4) is 5.75 Å². The number of unbranched alkanes of at least 4 members (excludes halogenated alkanes) is 1. The molecule has 14 heteroatoms. The summed E-state index contributed by atoms with van der Waals surface area (Å²) >= 11 is 2.72. The molecular formula is C39H42N6O6S2. The number of aryl methyl sites for hydroxylation is 1. The molecule has 1 atom stereocenters. The lowest BCUT2D eigenvalue weighted by Gasteiger charge is -2.45. The fraction of sp³-hybridized carbons (Fsp3) is 0.385. The summed E-state index contributed by atoms with van der Waals surface area (Å²) in [5, 5.41) is 49.0. The van der Waals surface area contributed by atoms with Gasteiger partial charge in [-0.25, -0.2) is 9.48 Å².